The van der Waals surface area contributed by atoms with Crippen molar-refractivity contribution in [3.8, 4) is 0 Å². The molecular weight excluding hydrogens is 232 g/mol. The van der Waals surface area contributed by atoms with Crippen LogP contribution in [0.1, 0.15) is 20.8 Å². The van der Waals surface area contributed by atoms with E-state index in [2.05, 4.69) is 0 Å². The normalized spacial score (nSPS) is 11.0. The predicted molar refractivity (Wildman–Crippen MR) is 56.1 cm³/mol. The van der Waals surface area contributed by atoms with E-state index in [1.807, 2.05) is 0 Å². The highest BCUT2D eigenvalue weighted by molar-refractivity contribution is 6.64. The quantitative estimate of drug-likeness (QED) is 0.539. The second-order valence-electron chi connectivity index (χ2n) is 2.97. The molecule has 0 unspecified atom stereocenters. The van der Waals surface area contributed by atoms with Crippen molar-refractivity contribution in [2.75, 3.05) is 0 Å². The molecule has 0 heterocycles. The van der Waals surface area contributed by atoms with Crippen LogP contribution >= 0.6 is 0 Å². The summed E-state index contributed by atoms with van der Waals surface area (Å²) in [5, 5.41) is 0. The molecule has 6 nitrogen and oxygen atoms in total. The largest absolute Gasteiger partial charge is 0.702 e. The zero-order chi connectivity index (χ0) is 12.8. The van der Waals surface area contributed by atoms with Gasteiger partial charge in [-0.1, -0.05) is 6.08 Å². The molecule has 0 aromatic rings. The minimum atomic E-state index is -3.58. The number of hydrogen-bond donors (Lipinski definition) is 0. The van der Waals surface area contributed by atoms with Crippen molar-refractivity contribution in [3.63, 3.8) is 0 Å². The molecule has 0 N–H and O–H groups in total. The van der Waals surface area contributed by atoms with Gasteiger partial charge in [-0.3, -0.25) is 9.59 Å². The Balaban J connectivity index is 4.71. The lowest BCUT2D eigenvalue weighted by atomic mass is 10.5. The molecule has 0 fully saturated rings. The van der Waals surface area contributed by atoms with Gasteiger partial charge in [0.2, 0.25) is 0 Å². The van der Waals surface area contributed by atoms with Gasteiger partial charge in [0.05, 0.1) is 0 Å². The maximum absolute atomic E-state index is 11.2. The Bertz CT molecular complexity index is 306. The van der Waals surface area contributed by atoms with Crippen molar-refractivity contribution in [2.45, 2.75) is 27.3 Å². The van der Waals surface area contributed by atoms with Gasteiger partial charge in [0, 0.05) is 26.5 Å². The second kappa shape index (κ2) is 6.06. The molecule has 0 aliphatic rings. The third-order valence-electron chi connectivity index (χ3n) is 1.25. The van der Waals surface area contributed by atoms with Crippen LogP contribution < -0.4 is 0 Å². The maximum atomic E-state index is 11.2. The van der Waals surface area contributed by atoms with Crippen molar-refractivity contribution >= 4 is 26.7 Å². The van der Waals surface area contributed by atoms with Crippen LogP contribution in [0.2, 0.25) is 6.55 Å². The summed E-state index contributed by atoms with van der Waals surface area (Å²) in [5.41, 5.74) is 0. The predicted octanol–water partition coefficient (Wildman–Crippen LogP) is 0.801. The molecule has 0 amide bonds. The SMILES string of the molecule is CC=CC(=O)O[Si](C)(OC(C)=O)OC(C)=O. The van der Waals surface area contributed by atoms with Crippen LogP contribution in [0.25, 0.3) is 0 Å². The van der Waals surface area contributed by atoms with E-state index in [1.54, 1.807) is 6.92 Å². The molecule has 0 aromatic heterocycles. The van der Waals surface area contributed by atoms with Gasteiger partial charge in [-0.2, -0.15) is 0 Å². The highest BCUT2D eigenvalue weighted by Crippen LogP contribution is 2.10. The number of allylic oxidation sites excluding steroid dienone is 1. The van der Waals surface area contributed by atoms with Crippen LogP contribution in [-0.4, -0.2) is 26.7 Å². The van der Waals surface area contributed by atoms with Gasteiger partial charge < -0.3 is 13.3 Å². The lowest BCUT2D eigenvalue weighted by molar-refractivity contribution is -0.146. The zero-order valence-corrected chi connectivity index (χ0v) is 10.6. The molecule has 0 rings (SSSR count). The van der Waals surface area contributed by atoms with Crippen LogP contribution in [0.5, 0.6) is 0 Å². The van der Waals surface area contributed by atoms with Gasteiger partial charge in [-0.15, -0.1) is 0 Å². The number of carbonyl (C=O) groups excluding carboxylic acids is 3. The molecule has 7 heteroatoms. The molecule has 0 radical (unpaired) electrons. The Labute approximate surface area is 94.5 Å². The summed E-state index contributed by atoms with van der Waals surface area (Å²) in [6.45, 7) is 5.19. The number of hydrogen-bond acceptors (Lipinski definition) is 6. The van der Waals surface area contributed by atoms with Crippen LogP contribution in [0.3, 0.4) is 0 Å². The molecule has 16 heavy (non-hydrogen) atoms. The molecule has 0 bridgehead atoms. The average Bonchev–Trinajstić information content (AvgIpc) is 1.98. The van der Waals surface area contributed by atoms with E-state index in [0.717, 1.165) is 19.9 Å². The van der Waals surface area contributed by atoms with Crippen LogP contribution in [0.15, 0.2) is 12.2 Å². The van der Waals surface area contributed by atoms with E-state index in [9.17, 15) is 14.4 Å². The fraction of sp³-hybridized carbons (Fsp3) is 0.444. The molecule has 0 aliphatic carbocycles. The third kappa shape index (κ3) is 5.97. The fourth-order valence-corrected chi connectivity index (χ4v) is 2.54. The van der Waals surface area contributed by atoms with Gasteiger partial charge in [0.1, 0.15) is 0 Å². The van der Waals surface area contributed by atoms with Crippen LogP contribution in [0, 0.1) is 0 Å². The molecular formula is C9H14O6Si. The summed E-state index contributed by atoms with van der Waals surface area (Å²) in [7, 11) is -3.58. The first-order chi connectivity index (χ1) is 7.29. The van der Waals surface area contributed by atoms with E-state index in [-0.39, 0.29) is 0 Å². The third-order valence-corrected chi connectivity index (χ3v) is 3.14. The summed E-state index contributed by atoms with van der Waals surface area (Å²) in [5.74, 6) is -2.08. The van der Waals surface area contributed by atoms with Crippen molar-refractivity contribution in [1.82, 2.24) is 0 Å². The van der Waals surface area contributed by atoms with Crippen molar-refractivity contribution < 1.29 is 27.7 Å². The van der Waals surface area contributed by atoms with Gasteiger partial charge in [-0.25, -0.2) is 4.79 Å². The molecule has 0 aliphatic heterocycles. The van der Waals surface area contributed by atoms with Crippen molar-refractivity contribution in [1.29, 1.82) is 0 Å². The van der Waals surface area contributed by atoms with E-state index >= 15 is 0 Å². The standard InChI is InChI=1S/C9H14O6Si/c1-5-6-9(12)15-16(4,13-7(2)10)14-8(3)11/h5-6H,1-4H3. The Morgan fingerprint density at radius 2 is 1.44 bits per heavy atom. The van der Waals surface area contributed by atoms with E-state index < -0.39 is 26.7 Å². The first-order valence-corrected chi connectivity index (χ1v) is 6.76. The monoisotopic (exact) mass is 246 g/mol. The van der Waals surface area contributed by atoms with Gasteiger partial charge >= 0.3 is 14.8 Å². The van der Waals surface area contributed by atoms with E-state index in [4.69, 9.17) is 13.3 Å². The Kier molecular flexibility index (Phi) is 5.44. The number of carbonyl (C=O) groups is 3. The summed E-state index contributed by atoms with van der Waals surface area (Å²) >= 11 is 0. The smallest absolute Gasteiger partial charge is 0.455 e. The first kappa shape index (κ1) is 14.4. The molecule has 0 saturated heterocycles. The fourth-order valence-electron chi connectivity index (χ4n) is 0.937. The topological polar surface area (TPSA) is 78.9 Å². The Hall–Kier alpha value is -1.63. The summed E-state index contributed by atoms with van der Waals surface area (Å²) in [4.78, 5) is 32.7. The second-order valence-corrected chi connectivity index (χ2v) is 5.31. The van der Waals surface area contributed by atoms with Crippen molar-refractivity contribution in [2.24, 2.45) is 0 Å². The van der Waals surface area contributed by atoms with E-state index in [0.29, 0.717) is 0 Å². The van der Waals surface area contributed by atoms with Gasteiger partial charge in [-0.05, 0) is 6.92 Å². The summed E-state index contributed by atoms with van der Waals surface area (Å²) in [6.07, 6.45) is 2.59. The minimum absolute atomic E-state index is 0.677. The van der Waals surface area contributed by atoms with E-state index in [1.165, 1.54) is 12.6 Å². The molecule has 0 aromatic carbocycles. The Morgan fingerprint density at radius 3 is 1.75 bits per heavy atom. The highest BCUT2D eigenvalue weighted by atomic mass is 28.4. The summed E-state index contributed by atoms with van der Waals surface area (Å²) in [6, 6.07) is 0. The van der Waals surface area contributed by atoms with Crippen molar-refractivity contribution in [3.05, 3.63) is 12.2 Å². The first-order valence-electron chi connectivity index (χ1n) is 4.54. The summed E-state index contributed by atoms with van der Waals surface area (Å²) < 4.78 is 14.3. The molecule has 0 saturated carbocycles. The Morgan fingerprint density at radius 1 is 1.00 bits per heavy atom. The zero-order valence-electron chi connectivity index (χ0n) is 9.60. The highest BCUT2D eigenvalue weighted by Gasteiger charge is 2.46. The molecule has 0 spiro atoms. The minimum Gasteiger partial charge on any atom is -0.455 e. The molecule has 90 valence electrons. The van der Waals surface area contributed by atoms with Gasteiger partial charge in [0.25, 0.3) is 11.9 Å². The van der Waals surface area contributed by atoms with Crippen LogP contribution in [0.4, 0.5) is 0 Å². The maximum Gasteiger partial charge on any atom is 0.702 e. The van der Waals surface area contributed by atoms with Crippen LogP contribution in [-0.2, 0) is 27.7 Å². The lowest BCUT2D eigenvalue weighted by Gasteiger charge is -2.22. The molecule has 0 atom stereocenters. The lowest BCUT2D eigenvalue weighted by Crippen LogP contribution is -2.46. The average molecular weight is 246 g/mol. The van der Waals surface area contributed by atoms with Gasteiger partial charge in [0.15, 0.2) is 0 Å². The number of rotatable bonds is 4.